The number of aromatic hydroxyl groups is 1. The number of amides is 2. The van der Waals surface area contributed by atoms with Crippen LogP contribution in [0.5, 0.6) is 5.75 Å². The van der Waals surface area contributed by atoms with Crippen molar-refractivity contribution >= 4 is 62.5 Å². The summed E-state index contributed by atoms with van der Waals surface area (Å²) < 4.78 is 2.33. The lowest BCUT2D eigenvalue weighted by molar-refractivity contribution is -0.687. The molecule has 5 heterocycles. The second kappa shape index (κ2) is 11.9. The van der Waals surface area contributed by atoms with Crippen molar-refractivity contribution in [1.82, 2.24) is 19.9 Å². The quantitative estimate of drug-likeness (QED) is 0.0557. The van der Waals surface area contributed by atoms with Crippen molar-refractivity contribution in [3.05, 3.63) is 93.3 Å². The van der Waals surface area contributed by atoms with Gasteiger partial charge in [0, 0.05) is 34.2 Å². The fourth-order valence-corrected chi connectivity index (χ4v) is 6.82. The molecular formula is C28H24N7O8S2+. The van der Waals surface area contributed by atoms with Crippen LogP contribution in [0.25, 0.3) is 10.8 Å². The molecule has 1 aromatic carbocycles. The Labute approximate surface area is 261 Å². The molecule has 0 unspecified atom stereocenters. The maximum absolute atomic E-state index is 13.4. The maximum atomic E-state index is 13.4. The average molecular weight is 651 g/mol. The molecule has 0 radical (unpaired) electrons. The molecule has 1 fully saturated rings. The van der Waals surface area contributed by atoms with Gasteiger partial charge < -0.3 is 31.3 Å². The summed E-state index contributed by atoms with van der Waals surface area (Å²) in [5.41, 5.74) is 5.02. The number of β-lactam (4-membered cyclic amide) rings is 1. The van der Waals surface area contributed by atoms with Gasteiger partial charge in [0.2, 0.25) is 5.43 Å². The van der Waals surface area contributed by atoms with Gasteiger partial charge in [-0.25, -0.2) is 14.3 Å². The van der Waals surface area contributed by atoms with Gasteiger partial charge in [-0.2, -0.15) is 4.73 Å². The molecule has 2 aliphatic rings. The molecule has 1 saturated heterocycles. The third kappa shape index (κ3) is 5.77. The van der Waals surface area contributed by atoms with Crippen LogP contribution in [0.3, 0.4) is 0 Å². The maximum Gasteiger partial charge on any atom is 0.352 e. The van der Waals surface area contributed by atoms with Crippen LogP contribution in [0.4, 0.5) is 5.13 Å². The Bertz CT molecular complexity index is 1990. The van der Waals surface area contributed by atoms with E-state index in [0.717, 1.165) is 34.4 Å². The number of hydrogen-bond acceptors (Lipinski definition) is 12. The number of carbonyl (C=O) groups excluding carboxylic acids is 2. The number of carboxylic acid groups (broad SMARTS) is 1. The number of aliphatic carboxylic acids is 1. The minimum absolute atomic E-state index is 0.0443. The van der Waals surface area contributed by atoms with Gasteiger partial charge >= 0.3 is 5.97 Å². The van der Waals surface area contributed by atoms with Crippen molar-refractivity contribution < 1.29 is 39.2 Å². The van der Waals surface area contributed by atoms with E-state index in [-0.39, 0.29) is 34.5 Å². The zero-order valence-corrected chi connectivity index (χ0v) is 24.7. The summed E-state index contributed by atoms with van der Waals surface area (Å²) in [6, 6.07) is 9.57. The Morgan fingerprint density at radius 1 is 1.22 bits per heavy atom. The highest BCUT2D eigenvalue weighted by Crippen LogP contribution is 2.40. The van der Waals surface area contributed by atoms with Crippen molar-refractivity contribution in [2.45, 2.75) is 24.6 Å². The van der Waals surface area contributed by atoms with Crippen molar-refractivity contribution in [3.8, 4) is 5.75 Å². The average Bonchev–Trinajstić information content (AvgIpc) is 3.45. The van der Waals surface area contributed by atoms with Crippen LogP contribution in [0, 0.1) is 0 Å². The predicted octanol–water partition coefficient (Wildman–Crippen LogP) is 0.630. The van der Waals surface area contributed by atoms with Crippen molar-refractivity contribution in [3.63, 3.8) is 0 Å². The summed E-state index contributed by atoms with van der Waals surface area (Å²) in [7, 11) is 0. The molecule has 0 bridgehead atoms. The molecule has 6 N–H and O–H groups in total. The zero-order chi connectivity index (χ0) is 31.8. The fourth-order valence-electron chi connectivity index (χ4n) is 4.94. The Morgan fingerprint density at radius 3 is 2.73 bits per heavy atom. The first-order valence-electron chi connectivity index (χ1n) is 13.2. The number of hydrogen-bond donors (Lipinski definition) is 5. The van der Waals surface area contributed by atoms with Crippen LogP contribution in [0.1, 0.15) is 11.4 Å². The number of aromatic nitrogens is 3. The van der Waals surface area contributed by atoms with Gasteiger partial charge in [-0.1, -0.05) is 23.4 Å². The molecule has 15 nitrogen and oxygen atoms in total. The summed E-state index contributed by atoms with van der Waals surface area (Å²) in [5, 5.41) is 38.8. The fraction of sp³-hybridized carbons (Fsp3) is 0.179. The highest BCUT2D eigenvalue weighted by Gasteiger charge is 2.54. The standard InChI is InChI=1S/C28H23N7O8S2/c29-28-30-18(13-45-28)21(32-43-11-17-7-19(36)20(37)10-34(17)42)24(38)31-22-25(39)35-23(27(40)41)16(12-44-26(22)35)9-33-6-5-14-3-1-2-4-15(14)8-33/h1-8,10,13,22,26,42H,9,11-12H2,(H4-,29,30,31,37,38,40,41)/p+1/b32-21-/t22-,26-/m1/s1. The highest BCUT2D eigenvalue weighted by molar-refractivity contribution is 8.00. The first kappa shape index (κ1) is 29.6. The number of thioether (sulfide) groups is 1. The lowest BCUT2D eigenvalue weighted by atomic mass is 10.0. The highest BCUT2D eigenvalue weighted by atomic mass is 32.2. The first-order valence-corrected chi connectivity index (χ1v) is 15.2. The number of pyridine rings is 2. The lowest BCUT2D eigenvalue weighted by Crippen LogP contribution is -2.71. The number of carboxylic acids is 1. The zero-order valence-electron chi connectivity index (χ0n) is 23.1. The van der Waals surface area contributed by atoms with E-state index in [1.165, 1.54) is 22.0 Å². The van der Waals surface area contributed by atoms with Crippen LogP contribution in [0.15, 0.2) is 81.6 Å². The van der Waals surface area contributed by atoms with Crippen LogP contribution < -0.4 is 21.0 Å². The molecule has 3 aromatic heterocycles. The third-order valence-electron chi connectivity index (χ3n) is 7.09. The van der Waals surface area contributed by atoms with Crippen molar-refractivity contribution in [2.24, 2.45) is 5.16 Å². The number of nitrogens with zero attached hydrogens (tertiary/aromatic N) is 5. The van der Waals surface area contributed by atoms with E-state index >= 15 is 0 Å². The number of rotatable bonds is 9. The van der Waals surface area contributed by atoms with Crippen molar-refractivity contribution in [1.29, 1.82) is 0 Å². The van der Waals surface area contributed by atoms with Crippen LogP contribution in [-0.2, 0) is 32.4 Å². The van der Waals surface area contributed by atoms with E-state index in [2.05, 4.69) is 15.5 Å². The number of oxime groups is 1. The molecule has 2 amide bonds. The van der Waals surface area contributed by atoms with Crippen LogP contribution in [-0.4, -0.2) is 70.7 Å². The number of nitrogens with two attached hydrogens (primary N) is 1. The lowest BCUT2D eigenvalue weighted by Gasteiger charge is -2.49. The molecular weight excluding hydrogens is 626 g/mol. The summed E-state index contributed by atoms with van der Waals surface area (Å²) in [6.45, 7) is -0.211. The number of fused-ring (bicyclic) bond motifs is 2. The number of carbonyl (C=O) groups is 3. The Kier molecular flexibility index (Phi) is 7.86. The van der Waals surface area contributed by atoms with Gasteiger partial charge in [0.05, 0.1) is 6.20 Å². The Morgan fingerprint density at radius 2 is 2.00 bits per heavy atom. The number of thiazole rings is 1. The van der Waals surface area contributed by atoms with Gasteiger partial charge in [0.25, 0.3) is 11.8 Å². The number of nitrogens with one attached hydrogen (secondary N) is 1. The number of benzene rings is 1. The van der Waals surface area contributed by atoms with E-state index in [1.54, 1.807) is 0 Å². The molecule has 6 rings (SSSR count). The Balaban J connectivity index is 1.20. The SMILES string of the molecule is Nc1nc(/C(=N/OCc2cc(=O)c(O)cn2O)C(=O)N[C@@H]2C(=O)N3C(C(=O)O)=C(C[n+]4ccc5ccccc5c4)CS[C@H]23)cs1. The Hall–Kier alpha value is -5.42. The van der Waals surface area contributed by atoms with Crippen LogP contribution >= 0.6 is 23.1 Å². The van der Waals surface area contributed by atoms with Gasteiger partial charge in [0.15, 0.2) is 42.1 Å². The van der Waals surface area contributed by atoms with Gasteiger partial charge in [-0.05, 0) is 11.5 Å². The molecule has 0 aliphatic carbocycles. The third-order valence-corrected chi connectivity index (χ3v) is 9.11. The molecule has 45 heavy (non-hydrogen) atoms. The van der Waals surface area contributed by atoms with E-state index in [0.29, 0.717) is 16.1 Å². The minimum Gasteiger partial charge on any atom is -0.503 e. The second-order valence-corrected chi connectivity index (χ2v) is 12.0. The van der Waals surface area contributed by atoms with Gasteiger partial charge in [-0.3, -0.25) is 19.3 Å². The predicted molar refractivity (Wildman–Crippen MR) is 161 cm³/mol. The molecule has 2 atom stereocenters. The topological polar surface area (TPSA) is 214 Å². The summed E-state index contributed by atoms with van der Waals surface area (Å²) in [5.74, 6) is -3.07. The molecule has 230 valence electrons. The largest absolute Gasteiger partial charge is 0.503 e. The van der Waals surface area contributed by atoms with Crippen molar-refractivity contribution in [2.75, 3.05) is 11.5 Å². The molecule has 4 aromatic rings. The van der Waals surface area contributed by atoms with E-state index in [1.807, 2.05) is 47.3 Å². The molecule has 17 heteroatoms. The summed E-state index contributed by atoms with van der Waals surface area (Å²) >= 11 is 2.35. The smallest absolute Gasteiger partial charge is 0.352 e. The van der Waals surface area contributed by atoms with E-state index in [9.17, 15) is 34.6 Å². The number of nitrogen functional groups attached to an aromatic ring is 1. The van der Waals surface area contributed by atoms with E-state index < -0.39 is 47.0 Å². The molecule has 0 spiro atoms. The molecule has 0 saturated carbocycles. The molecule has 2 aliphatic heterocycles. The summed E-state index contributed by atoms with van der Waals surface area (Å²) in [4.78, 5) is 61.2. The summed E-state index contributed by atoms with van der Waals surface area (Å²) in [6.07, 6.45) is 4.54. The second-order valence-electron chi connectivity index (χ2n) is 10.0. The monoisotopic (exact) mass is 650 g/mol. The van der Waals surface area contributed by atoms with Crippen LogP contribution in [0.2, 0.25) is 0 Å². The van der Waals surface area contributed by atoms with Gasteiger partial charge in [0.1, 0.15) is 28.5 Å². The van der Waals surface area contributed by atoms with Gasteiger partial charge in [-0.15, -0.1) is 23.1 Å². The first-order chi connectivity index (χ1) is 21.6. The van der Waals surface area contributed by atoms with E-state index in [4.69, 9.17) is 10.6 Å². The minimum atomic E-state index is -1.25. The number of anilines is 1. The normalized spacial score (nSPS) is 18.0.